The van der Waals surface area contributed by atoms with Crippen molar-refractivity contribution in [2.45, 2.75) is 40.3 Å². The second-order valence-corrected chi connectivity index (χ2v) is 8.59. The van der Waals surface area contributed by atoms with Crippen LogP contribution in [-0.4, -0.2) is 35.9 Å². The van der Waals surface area contributed by atoms with Crippen LogP contribution in [0.5, 0.6) is 5.75 Å². The minimum atomic E-state index is -0.612. The Kier molecular flexibility index (Phi) is 7.87. The molecule has 0 aliphatic carbocycles. The third-order valence-electron chi connectivity index (χ3n) is 5.43. The van der Waals surface area contributed by atoms with Crippen molar-refractivity contribution < 1.29 is 14.3 Å². The average molecular weight is 433 g/mol. The van der Waals surface area contributed by atoms with Crippen molar-refractivity contribution in [3.63, 3.8) is 0 Å². The van der Waals surface area contributed by atoms with E-state index in [2.05, 4.69) is 5.32 Å². The highest BCUT2D eigenvalue weighted by molar-refractivity contribution is 5.90. The molecule has 0 saturated heterocycles. The highest BCUT2D eigenvalue weighted by Crippen LogP contribution is 2.25. The van der Waals surface area contributed by atoms with Gasteiger partial charge < -0.3 is 15.0 Å². The SMILES string of the molecule is Cc1ccc(CN(C(=O)COc2cccc3ccccc23)[C@H](C)C(=O)NCC(C)C)cc1. The van der Waals surface area contributed by atoms with Crippen LogP contribution < -0.4 is 10.1 Å². The predicted octanol–water partition coefficient (Wildman–Crippen LogP) is 4.72. The van der Waals surface area contributed by atoms with Crippen molar-refractivity contribution >= 4 is 22.6 Å². The number of hydrogen-bond acceptors (Lipinski definition) is 3. The lowest BCUT2D eigenvalue weighted by Gasteiger charge is -2.29. The van der Waals surface area contributed by atoms with Gasteiger partial charge in [-0.25, -0.2) is 0 Å². The van der Waals surface area contributed by atoms with Crippen LogP contribution in [-0.2, 0) is 16.1 Å². The van der Waals surface area contributed by atoms with Gasteiger partial charge in [0.2, 0.25) is 5.91 Å². The van der Waals surface area contributed by atoms with Crippen molar-refractivity contribution in [3.8, 4) is 5.75 Å². The molecule has 168 valence electrons. The average Bonchev–Trinajstić information content (AvgIpc) is 2.80. The zero-order valence-electron chi connectivity index (χ0n) is 19.3. The van der Waals surface area contributed by atoms with Gasteiger partial charge in [-0.3, -0.25) is 9.59 Å². The molecule has 0 bridgehead atoms. The molecule has 0 aromatic heterocycles. The maximum atomic E-state index is 13.2. The van der Waals surface area contributed by atoms with Crippen LogP contribution in [0, 0.1) is 12.8 Å². The summed E-state index contributed by atoms with van der Waals surface area (Å²) < 4.78 is 5.92. The van der Waals surface area contributed by atoms with E-state index >= 15 is 0 Å². The minimum Gasteiger partial charge on any atom is -0.483 e. The van der Waals surface area contributed by atoms with Crippen molar-refractivity contribution in [2.24, 2.45) is 5.92 Å². The molecule has 2 amide bonds. The fourth-order valence-electron chi connectivity index (χ4n) is 3.47. The lowest BCUT2D eigenvalue weighted by molar-refractivity contribution is -0.142. The summed E-state index contributed by atoms with van der Waals surface area (Å²) in [6, 6.07) is 21.1. The van der Waals surface area contributed by atoms with E-state index in [9.17, 15) is 9.59 Å². The van der Waals surface area contributed by atoms with Gasteiger partial charge in [-0.15, -0.1) is 0 Å². The highest BCUT2D eigenvalue weighted by atomic mass is 16.5. The number of amides is 2. The largest absolute Gasteiger partial charge is 0.483 e. The fraction of sp³-hybridized carbons (Fsp3) is 0.333. The van der Waals surface area contributed by atoms with E-state index in [1.807, 2.05) is 87.5 Å². The molecule has 0 aliphatic rings. The Labute approximate surface area is 190 Å². The van der Waals surface area contributed by atoms with E-state index in [0.29, 0.717) is 24.8 Å². The molecule has 32 heavy (non-hydrogen) atoms. The summed E-state index contributed by atoms with van der Waals surface area (Å²) in [5.41, 5.74) is 2.12. The Bertz CT molecular complexity index is 1050. The van der Waals surface area contributed by atoms with Crippen LogP contribution in [0.3, 0.4) is 0 Å². The second kappa shape index (κ2) is 10.8. The monoisotopic (exact) mass is 432 g/mol. The molecule has 0 spiro atoms. The predicted molar refractivity (Wildman–Crippen MR) is 128 cm³/mol. The summed E-state index contributed by atoms with van der Waals surface area (Å²) in [6.45, 7) is 8.64. The molecule has 5 nitrogen and oxygen atoms in total. The molecule has 3 aromatic rings. The molecule has 0 unspecified atom stereocenters. The van der Waals surface area contributed by atoms with Gasteiger partial charge >= 0.3 is 0 Å². The first kappa shape index (κ1) is 23.3. The van der Waals surface area contributed by atoms with Gasteiger partial charge in [0.05, 0.1) is 0 Å². The van der Waals surface area contributed by atoms with Gasteiger partial charge in [0, 0.05) is 18.5 Å². The molecule has 0 heterocycles. The summed E-state index contributed by atoms with van der Waals surface area (Å²) in [6.07, 6.45) is 0. The Hall–Kier alpha value is -3.34. The first-order valence-corrected chi connectivity index (χ1v) is 11.1. The van der Waals surface area contributed by atoms with E-state index in [1.54, 1.807) is 11.8 Å². The smallest absolute Gasteiger partial charge is 0.261 e. The number of fused-ring (bicyclic) bond motifs is 1. The van der Waals surface area contributed by atoms with E-state index in [-0.39, 0.29) is 18.4 Å². The molecule has 0 fully saturated rings. The van der Waals surface area contributed by atoms with E-state index < -0.39 is 6.04 Å². The lowest BCUT2D eigenvalue weighted by atomic mass is 10.1. The normalized spacial score (nSPS) is 11.9. The maximum absolute atomic E-state index is 13.2. The third kappa shape index (κ3) is 6.10. The van der Waals surface area contributed by atoms with Crippen LogP contribution in [0.15, 0.2) is 66.7 Å². The number of nitrogens with one attached hydrogen (secondary N) is 1. The van der Waals surface area contributed by atoms with Gasteiger partial charge in [-0.05, 0) is 36.8 Å². The number of benzene rings is 3. The number of carbonyl (C=O) groups excluding carboxylic acids is 2. The summed E-state index contributed by atoms with van der Waals surface area (Å²) in [5, 5.41) is 4.94. The third-order valence-corrected chi connectivity index (χ3v) is 5.43. The van der Waals surface area contributed by atoms with Crippen molar-refractivity contribution in [1.82, 2.24) is 10.2 Å². The number of ether oxygens (including phenoxy) is 1. The fourth-order valence-corrected chi connectivity index (χ4v) is 3.47. The van der Waals surface area contributed by atoms with Crippen molar-refractivity contribution in [3.05, 3.63) is 77.9 Å². The van der Waals surface area contributed by atoms with Gasteiger partial charge in [0.1, 0.15) is 11.8 Å². The van der Waals surface area contributed by atoms with Crippen LogP contribution in [0.25, 0.3) is 10.8 Å². The molecule has 3 aromatic carbocycles. The molecule has 3 rings (SSSR count). The second-order valence-electron chi connectivity index (χ2n) is 8.59. The van der Waals surface area contributed by atoms with Crippen molar-refractivity contribution in [1.29, 1.82) is 0 Å². The first-order valence-electron chi connectivity index (χ1n) is 11.1. The van der Waals surface area contributed by atoms with Crippen molar-refractivity contribution in [2.75, 3.05) is 13.2 Å². The van der Waals surface area contributed by atoms with Gasteiger partial charge in [-0.1, -0.05) is 80.1 Å². The van der Waals surface area contributed by atoms with Crippen LogP contribution in [0.2, 0.25) is 0 Å². The lowest BCUT2D eigenvalue weighted by Crippen LogP contribution is -2.49. The summed E-state index contributed by atoms with van der Waals surface area (Å²) in [5.74, 6) is 0.598. The Balaban J connectivity index is 1.76. The number of aryl methyl sites for hydroxylation is 1. The zero-order valence-corrected chi connectivity index (χ0v) is 19.3. The van der Waals surface area contributed by atoms with Gasteiger partial charge in [0.25, 0.3) is 5.91 Å². The summed E-state index contributed by atoms with van der Waals surface area (Å²) >= 11 is 0. The molecule has 1 atom stereocenters. The van der Waals surface area contributed by atoms with E-state index in [1.165, 1.54) is 0 Å². The molecular formula is C27H32N2O3. The Morgan fingerprint density at radius 2 is 1.62 bits per heavy atom. The molecule has 5 heteroatoms. The van der Waals surface area contributed by atoms with E-state index in [4.69, 9.17) is 4.74 Å². The highest BCUT2D eigenvalue weighted by Gasteiger charge is 2.26. The van der Waals surface area contributed by atoms with Crippen LogP contribution >= 0.6 is 0 Å². The zero-order chi connectivity index (χ0) is 23.1. The minimum absolute atomic E-state index is 0.137. The molecule has 1 N–H and O–H groups in total. The number of carbonyl (C=O) groups is 2. The van der Waals surface area contributed by atoms with E-state index in [0.717, 1.165) is 21.9 Å². The summed E-state index contributed by atoms with van der Waals surface area (Å²) in [7, 11) is 0. The van der Waals surface area contributed by atoms with Crippen LogP contribution in [0.1, 0.15) is 31.9 Å². The maximum Gasteiger partial charge on any atom is 0.261 e. The Morgan fingerprint density at radius 1 is 0.938 bits per heavy atom. The quantitative estimate of drug-likeness (QED) is 0.532. The first-order chi connectivity index (χ1) is 15.3. The summed E-state index contributed by atoms with van der Waals surface area (Å²) in [4.78, 5) is 27.6. The number of nitrogens with zero attached hydrogens (tertiary/aromatic N) is 1. The molecule has 0 saturated carbocycles. The molecule has 0 aliphatic heterocycles. The van der Waals surface area contributed by atoms with Crippen LogP contribution in [0.4, 0.5) is 0 Å². The Morgan fingerprint density at radius 3 is 2.34 bits per heavy atom. The van der Waals surface area contributed by atoms with Gasteiger partial charge in [-0.2, -0.15) is 0 Å². The number of rotatable bonds is 9. The molecular weight excluding hydrogens is 400 g/mol. The van der Waals surface area contributed by atoms with Gasteiger partial charge in [0.15, 0.2) is 6.61 Å². The molecule has 0 radical (unpaired) electrons. The standard InChI is InChI=1S/C27H32N2O3/c1-19(2)16-28-27(31)21(4)29(17-22-14-12-20(3)13-15-22)26(30)18-32-25-11-7-9-23-8-5-6-10-24(23)25/h5-15,19,21H,16-18H2,1-4H3,(H,28,31)/t21-/m1/s1. The topological polar surface area (TPSA) is 58.6 Å². The number of hydrogen-bond donors (Lipinski definition) is 1.